The van der Waals surface area contributed by atoms with Crippen LogP contribution in [0.1, 0.15) is 26.4 Å². The van der Waals surface area contributed by atoms with Crippen molar-refractivity contribution in [3.63, 3.8) is 0 Å². The molecule has 0 saturated heterocycles. The van der Waals surface area contributed by atoms with E-state index in [0.717, 1.165) is 5.56 Å². The second kappa shape index (κ2) is 8.73. The monoisotopic (exact) mass is 378 g/mol. The van der Waals surface area contributed by atoms with E-state index in [2.05, 4.69) is 20.8 Å². The third kappa shape index (κ3) is 5.23. The molecular formula is C20H15ClN4O2. The number of hydrogen-bond donors (Lipinski definition) is 2. The van der Waals surface area contributed by atoms with Crippen LogP contribution in [0.25, 0.3) is 0 Å². The summed E-state index contributed by atoms with van der Waals surface area (Å²) in [6.45, 7) is 0. The quantitative estimate of drug-likeness (QED) is 0.524. The molecule has 1 heterocycles. The average Bonchev–Trinajstić information content (AvgIpc) is 2.70. The van der Waals surface area contributed by atoms with Gasteiger partial charge in [-0.3, -0.25) is 14.6 Å². The van der Waals surface area contributed by atoms with Crippen LogP contribution in [0.5, 0.6) is 0 Å². The van der Waals surface area contributed by atoms with Crippen LogP contribution in [0.4, 0.5) is 5.69 Å². The smallest absolute Gasteiger partial charge is 0.274 e. The van der Waals surface area contributed by atoms with Gasteiger partial charge in [-0.2, -0.15) is 5.10 Å². The Morgan fingerprint density at radius 3 is 2.33 bits per heavy atom. The van der Waals surface area contributed by atoms with E-state index < -0.39 is 0 Å². The summed E-state index contributed by atoms with van der Waals surface area (Å²) in [5.41, 5.74) is 4.55. The minimum absolute atomic E-state index is 0.316. The van der Waals surface area contributed by atoms with Crippen molar-refractivity contribution in [2.45, 2.75) is 0 Å². The van der Waals surface area contributed by atoms with E-state index in [-0.39, 0.29) is 11.8 Å². The molecule has 0 unspecified atom stereocenters. The zero-order valence-corrected chi connectivity index (χ0v) is 14.9. The van der Waals surface area contributed by atoms with Crippen molar-refractivity contribution in [2.24, 2.45) is 5.10 Å². The molecule has 0 aliphatic carbocycles. The maximum absolute atomic E-state index is 12.1. The zero-order valence-electron chi connectivity index (χ0n) is 14.1. The Morgan fingerprint density at radius 2 is 1.67 bits per heavy atom. The summed E-state index contributed by atoms with van der Waals surface area (Å²) in [6.07, 6.45) is 3.07. The average molecular weight is 379 g/mol. The van der Waals surface area contributed by atoms with Crippen LogP contribution in [-0.4, -0.2) is 23.0 Å². The predicted octanol–water partition coefficient (Wildman–Crippen LogP) is 3.75. The summed E-state index contributed by atoms with van der Waals surface area (Å²) in [6, 6.07) is 18.6. The zero-order chi connectivity index (χ0) is 19.1. The third-order valence-electron chi connectivity index (χ3n) is 3.55. The van der Waals surface area contributed by atoms with E-state index in [1.54, 1.807) is 72.9 Å². The standard InChI is InChI=1S/C20H15ClN4O2/c21-16-8-4-14(5-9-16)13-23-25-19(26)15-6-10-17(11-7-15)24-20(27)18-3-1-2-12-22-18/h1-13H,(H,24,27)(H,25,26)/b23-13+. The number of amides is 2. The topological polar surface area (TPSA) is 83.5 Å². The number of nitrogens with zero attached hydrogens (tertiary/aromatic N) is 2. The maximum Gasteiger partial charge on any atom is 0.274 e. The number of benzene rings is 2. The molecule has 0 fully saturated rings. The first-order valence-corrected chi connectivity index (χ1v) is 8.41. The van der Waals surface area contributed by atoms with Gasteiger partial charge in [-0.05, 0) is 54.1 Å². The molecule has 0 aliphatic heterocycles. The minimum Gasteiger partial charge on any atom is -0.321 e. The Morgan fingerprint density at radius 1 is 0.926 bits per heavy atom. The molecular weight excluding hydrogens is 364 g/mol. The number of pyridine rings is 1. The number of hydrazone groups is 1. The van der Waals surface area contributed by atoms with E-state index in [1.807, 2.05) is 0 Å². The summed E-state index contributed by atoms with van der Waals surface area (Å²) in [7, 11) is 0. The molecule has 27 heavy (non-hydrogen) atoms. The molecule has 0 saturated carbocycles. The molecule has 0 atom stereocenters. The van der Waals surface area contributed by atoms with Gasteiger partial charge in [0.15, 0.2) is 0 Å². The Balaban J connectivity index is 1.57. The molecule has 0 aliphatic rings. The van der Waals surface area contributed by atoms with Gasteiger partial charge in [0.1, 0.15) is 5.69 Å². The van der Waals surface area contributed by atoms with Crippen LogP contribution in [0, 0.1) is 0 Å². The maximum atomic E-state index is 12.1. The van der Waals surface area contributed by atoms with Crippen molar-refractivity contribution < 1.29 is 9.59 Å². The van der Waals surface area contributed by atoms with E-state index in [4.69, 9.17) is 11.6 Å². The highest BCUT2D eigenvalue weighted by Gasteiger charge is 2.08. The normalized spacial score (nSPS) is 10.6. The number of rotatable bonds is 5. The van der Waals surface area contributed by atoms with Crippen molar-refractivity contribution >= 4 is 35.3 Å². The number of halogens is 1. The van der Waals surface area contributed by atoms with E-state index in [0.29, 0.717) is 22.0 Å². The summed E-state index contributed by atoms with van der Waals surface area (Å²) in [5, 5.41) is 7.26. The van der Waals surface area contributed by atoms with Gasteiger partial charge in [0, 0.05) is 22.5 Å². The second-order valence-electron chi connectivity index (χ2n) is 5.50. The van der Waals surface area contributed by atoms with Gasteiger partial charge in [0.2, 0.25) is 0 Å². The molecule has 7 heteroatoms. The molecule has 134 valence electrons. The predicted molar refractivity (Wildman–Crippen MR) is 105 cm³/mol. The lowest BCUT2D eigenvalue weighted by molar-refractivity contribution is 0.0954. The number of anilines is 1. The van der Waals surface area contributed by atoms with Gasteiger partial charge in [-0.15, -0.1) is 0 Å². The van der Waals surface area contributed by atoms with Gasteiger partial charge in [0.25, 0.3) is 11.8 Å². The fourth-order valence-corrected chi connectivity index (χ4v) is 2.30. The summed E-state index contributed by atoms with van der Waals surface area (Å²) < 4.78 is 0. The second-order valence-corrected chi connectivity index (χ2v) is 5.93. The van der Waals surface area contributed by atoms with Crippen LogP contribution in [0.15, 0.2) is 78.0 Å². The van der Waals surface area contributed by atoms with Crippen LogP contribution >= 0.6 is 11.6 Å². The fraction of sp³-hybridized carbons (Fsp3) is 0. The molecule has 0 spiro atoms. The molecule has 1 aromatic heterocycles. The first-order valence-electron chi connectivity index (χ1n) is 8.03. The van der Waals surface area contributed by atoms with E-state index in [1.165, 1.54) is 6.21 Å². The lowest BCUT2D eigenvalue weighted by Crippen LogP contribution is -2.18. The molecule has 3 rings (SSSR count). The lowest BCUT2D eigenvalue weighted by Gasteiger charge is -2.05. The van der Waals surface area contributed by atoms with Gasteiger partial charge in [-0.1, -0.05) is 29.8 Å². The first-order chi connectivity index (χ1) is 13.1. The number of nitrogens with one attached hydrogen (secondary N) is 2. The Bertz CT molecular complexity index is 956. The minimum atomic E-state index is -0.359. The van der Waals surface area contributed by atoms with Gasteiger partial charge < -0.3 is 5.32 Å². The van der Waals surface area contributed by atoms with Crippen LogP contribution < -0.4 is 10.7 Å². The molecule has 6 nitrogen and oxygen atoms in total. The Labute approximate surface area is 160 Å². The Hall–Kier alpha value is -3.51. The van der Waals surface area contributed by atoms with Crippen molar-refractivity contribution in [1.82, 2.24) is 10.4 Å². The number of aromatic nitrogens is 1. The van der Waals surface area contributed by atoms with Gasteiger partial charge in [-0.25, -0.2) is 5.43 Å². The molecule has 0 bridgehead atoms. The summed E-state index contributed by atoms with van der Waals surface area (Å²) >= 11 is 5.81. The SMILES string of the molecule is O=C(N/N=C/c1ccc(Cl)cc1)c1ccc(NC(=O)c2ccccn2)cc1. The van der Waals surface area contributed by atoms with Gasteiger partial charge in [0.05, 0.1) is 6.21 Å². The first kappa shape index (κ1) is 18.3. The summed E-state index contributed by atoms with van der Waals surface area (Å²) in [5.74, 6) is -0.678. The molecule has 3 aromatic rings. The highest BCUT2D eigenvalue weighted by Crippen LogP contribution is 2.11. The third-order valence-corrected chi connectivity index (χ3v) is 3.80. The van der Waals surface area contributed by atoms with E-state index >= 15 is 0 Å². The molecule has 0 radical (unpaired) electrons. The number of hydrogen-bond acceptors (Lipinski definition) is 4. The summed E-state index contributed by atoms with van der Waals surface area (Å²) in [4.78, 5) is 28.1. The lowest BCUT2D eigenvalue weighted by atomic mass is 10.2. The van der Waals surface area contributed by atoms with E-state index in [9.17, 15) is 9.59 Å². The molecule has 2 aromatic carbocycles. The number of carbonyl (C=O) groups excluding carboxylic acids is 2. The molecule has 2 amide bonds. The largest absolute Gasteiger partial charge is 0.321 e. The number of carbonyl (C=O) groups is 2. The van der Waals surface area contributed by atoms with Gasteiger partial charge >= 0.3 is 0 Å². The molecule has 2 N–H and O–H groups in total. The van der Waals surface area contributed by atoms with Crippen molar-refractivity contribution in [1.29, 1.82) is 0 Å². The van der Waals surface area contributed by atoms with Crippen molar-refractivity contribution in [2.75, 3.05) is 5.32 Å². The fourth-order valence-electron chi connectivity index (χ4n) is 2.18. The highest BCUT2D eigenvalue weighted by atomic mass is 35.5. The van der Waals surface area contributed by atoms with Crippen molar-refractivity contribution in [3.8, 4) is 0 Å². The van der Waals surface area contributed by atoms with Crippen LogP contribution in [-0.2, 0) is 0 Å². The van der Waals surface area contributed by atoms with Crippen LogP contribution in [0.2, 0.25) is 5.02 Å². The highest BCUT2D eigenvalue weighted by molar-refractivity contribution is 6.30. The Kier molecular flexibility index (Phi) is 5.91. The van der Waals surface area contributed by atoms with Crippen molar-refractivity contribution in [3.05, 3.63) is 94.8 Å². The van der Waals surface area contributed by atoms with Crippen LogP contribution in [0.3, 0.4) is 0 Å².